The second kappa shape index (κ2) is 6.85. The van der Waals surface area contributed by atoms with Crippen LogP contribution in [0.1, 0.15) is 30.5 Å². The number of nitrogens with one attached hydrogen (secondary N) is 1. The smallest absolute Gasteiger partial charge is 0.144 e. The lowest BCUT2D eigenvalue weighted by Gasteiger charge is -2.26. The van der Waals surface area contributed by atoms with E-state index in [2.05, 4.69) is 16.3 Å². The predicted octanol–water partition coefficient (Wildman–Crippen LogP) is 2.88. The lowest BCUT2D eigenvalue weighted by atomic mass is 10.1. The van der Waals surface area contributed by atoms with Crippen molar-refractivity contribution in [3.05, 3.63) is 35.5 Å². The fourth-order valence-corrected chi connectivity index (χ4v) is 3.87. The van der Waals surface area contributed by atoms with Gasteiger partial charge in [-0.1, -0.05) is 18.6 Å². The van der Waals surface area contributed by atoms with Gasteiger partial charge in [0, 0.05) is 25.1 Å². The first-order valence-electron chi connectivity index (χ1n) is 9.07. The molecule has 128 valence electrons. The van der Waals surface area contributed by atoms with Crippen LogP contribution in [0.15, 0.2) is 24.3 Å². The average molecular weight is 326 g/mol. The minimum atomic E-state index is 0.860. The molecule has 0 atom stereocenters. The maximum absolute atomic E-state index is 5.53. The summed E-state index contributed by atoms with van der Waals surface area (Å²) < 4.78 is 7.56. The molecule has 1 saturated heterocycles. The molecular formula is C19H26N4O. The summed E-state index contributed by atoms with van der Waals surface area (Å²) in [5.41, 5.74) is 3.64. The summed E-state index contributed by atoms with van der Waals surface area (Å²) in [5, 5.41) is 8.45. The number of fused-ring (bicyclic) bond motifs is 1. The number of anilines is 1. The van der Waals surface area contributed by atoms with Gasteiger partial charge >= 0.3 is 0 Å². The predicted molar refractivity (Wildman–Crippen MR) is 96.3 cm³/mol. The Morgan fingerprint density at radius 3 is 2.83 bits per heavy atom. The number of rotatable bonds is 5. The van der Waals surface area contributed by atoms with Crippen molar-refractivity contribution in [2.24, 2.45) is 0 Å². The van der Waals surface area contributed by atoms with Crippen molar-refractivity contribution >= 4 is 5.82 Å². The first kappa shape index (κ1) is 15.5. The zero-order valence-corrected chi connectivity index (χ0v) is 14.4. The molecule has 5 nitrogen and oxygen atoms in total. The van der Waals surface area contributed by atoms with Crippen molar-refractivity contribution in [3.63, 3.8) is 0 Å². The Kier molecular flexibility index (Phi) is 4.43. The van der Waals surface area contributed by atoms with Crippen molar-refractivity contribution in [2.75, 3.05) is 38.6 Å². The summed E-state index contributed by atoms with van der Waals surface area (Å²) in [6, 6.07) is 8.09. The molecule has 24 heavy (non-hydrogen) atoms. The van der Waals surface area contributed by atoms with Gasteiger partial charge in [-0.25, -0.2) is 4.68 Å². The number of hydrogen-bond donors (Lipinski definition) is 1. The molecule has 0 unspecified atom stereocenters. The van der Waals surface area contributed by atoms with E-state index in [9.17, 15) is 0 Å². The molecule has 1 N–H and O–H groups in total. The van der Waals surface area contributed by atoms with Crippen molar-refractivity contribution in [1.29, 1.82) is 0 Å². The first-order chi connectivity index (χ1) is 11.9. The molecule has 1 fully saturated rings. The Hall–Kier alpha value is -2.01. The number of hydrogen-bond acceptors (Lipinski definition) is 4. The third kappa shape index (κ3) is 2.88. The van der Waals surface area contributed by atoms with E-state index in [-0.39, 0.29) is 0 Å². The minimum absolute atomic E-state index is 0.860. The van der Waals surface area contributed by atoms with Crippen LogP contribution in [0.2, 0.25) is 0 Å². The van der Waals surface area contributed by atoms with Crippen LogP contribution in [-0.4, -0.2) is 48.0 Å². The van der Waals surface area contributed by atoms with Gasteiger partial charge in [-0.2, -0.15) is 5.10 Å². The van der Waals surface area contributed by atoms with Gasteiger partial charge in [0.1, 0.15) is 17.3 Å². The third-order valence-corrected chi connectivity index (χ3v) is 5.16. The Labute approximate surface area is 143 Å². The second-order valence-electron chi connectivity index (χ2n) is 6.69. The SMILES string of the molecule is COc1ccccc1-n1nc(CCN2CCCCC2)c2c1NCC2. The van der Waals surface area contributed by atoms with Gasteiger partial charge in [0.2, 0.25) is 0 Å². The van der Waals surface area contributed by atoms with Gasteiger partial charge < -0.3 is 15.0 Å². The topological polar surface area (TPSA) is 42.3 Å². The number of nitrogens with zero attached hydrogens (tertiary/aromatic N) is 3. The molecule has 1 aromatic heterocycles. The van der Waals surface area contributed by atoms with Crippen molar-refractivity contribution in [1.82, 2.24) is 14.7 Å². The highest BCUT2D eigenvalue weighted by atomic mass is 16.5. The summed E-state index contributed by atoms with van der Waals surface area (Å²) in [7, 11) is 1.72. The Bertz CT molecular complexity index is 703. The Balaban J connectivity index is 1.60. The van der Waals surface area contributed by atoms with Gasteiger partial charge in [0.05, 0.1) is 12.8 Å². The number of likely N-dealkylation sites (tertiary alicyclic amines) is 1. The zero-order valence-electron chi connectivity index (χ0n) is 14.4. The number of piperidine rings is 1. The van der Waals surface area contributed by atoms with Crippen molar-refractivity contribution < 1.29 is 4.74 Å². The molecule has 2 aliphatic rings. The van der Waals surface area contributed by atoms with Crippen LogP contribution in [0, 0.1) is 0 Å². The lowest BCUT2D eigenvalue weighted by Crippen LogP contribution is -2.31. The van der Waals surface area contributed by atoms with Crippen LogP contribution >= 0.6 is 0 Å². The van der Waals surface area contributed by atoms with E-state index in [4.69, 9.17) is 9.84 Å². The summed E-state index contributed by atoms with van der Waals surface area (Å²) in [6.45, 7) is 4.61. The summed E-state index contributed by atoms with van der Waals surface area (Å²) >= 11 is 0. The monoisotopic (exact) mass is 326 g/mol. The Morgan fingerprint density at radius 2 is 2.00 bits per heavy atom. The molecule has 5 heteroatoms. The molecule has 2 aliphatic heterocycles. The van der Waals surface area contributed by atoms with E-state index in [1.54, 1.807) is 7.11 Å². The summed E-state index contributed by atoms with van der Waals surface area (Å²) in [6.07, 6.45) is 6.18. The third-order valence-electron chi connectivity index (χ3n) is 5.16. The summed E-state index contributed by atoms with van der Waals surface area (Å²) in [5.74, 6) is 2.01. The van der Waals surface area contributed by atoms with Gasteiger partial charge in [-0.05, 0) is 44.5 Å². The molecule has 0 saturated carbocycles. The van der Waals surface area contributed by atoms with Gasteiger partial charge in [0.25, 0.3) is 0 Å². The quantitative estimate of drug-likeness (QED) is 0.917. The fraction of sp³-hybridized carbons (Fsp3) is 0.526. The number of ether oxygens (including phenoxy) is 1. The van der Waals surface area contributed by atoms with E-state index in [1.165, 1.54) is 43.6 Å². The number of aromatic nitrogens is 2. The molecule has 3 heterocycles. The second-order valence-corrected chi connectivity index (χ2v) is 6.69. The van der Waals surface area contributed by atoms with Crippen LogP contribution < -0.4 is 10.1 Å². The van der Waals surface area contributed by atoms with Crippen LogP contribution in [0.25, 0.3) is 5.69 Å². The van der Waals surface area contributed by atoms with E-state index in [0.717, 1.165) is 43.2 Å². The highest BCUT2D eigenvalue weighted by Crippen LogP contribution is 2.32. The van der Waals surface area contributed by atoms with Gasteiger partial charge in [0.15, 0.2) is 0 Å². The first-order valence-corrected chi connectivity index (χ1v) is 9.07. The highest BCUT2D eigenvalue weighted by Gasteiger charge is 2.24. The van der Waals surface area contributed by atoms with E-state index < -0.39 is 0 Å². The molecule has 4 rings (SSSR count). The summed E-state index contributed by atoms with van der Waals surface area (Å²) in [4.78, 5) is 2.58. The van der Waals surface area contributed by atoms with Crippen molar-refractivity contribution in [2.45, 2.75) is 32.1 Å². The molecule has 0 radical (unpaired) electrons. The van der Waals surface area contributed by atoms with Gasteiger partial charge in [-0.15, -0.1) is 0 Å². The molecule has 0 amide bonds. The number of benzene rings is 1. The lowest BCUT2D eigenvalue weighted by molar-refractivity contribution is 0.230. The van der Waals surface area contributed by atoms with Crippen LogP contribution in [-0.2, 0) is 12.8 Å². The van der Waals surface area contributed by atoms with Gasteiger partial charge in [-0.3, -0.25) is 0 Å². The number of para-hydroxylation sites is 2. The van der Waals surface area contributed by atoms with Crippen LogP contribution in [0.5, 0.6) is 5.75 Å². The van der Waals surface area contributed by atoms with E-state index >= 15 is 0 Å². The van der Waals surface area contributed by atoms with Crippen LogP contribution in [0.4, 0.5) is 5.82 Å². The van der Waals surface area contributed by atoms with Crippen LogP contribution in [0.3, 0.4) is 0 Å². The normalized spacial score (nSPS) is 17.5. The Morgan fingerprint density at radius 1 is 1.17 bits per heavy atom. The van der Waals surface area contributed by atoms with E-state index in [0.29, 0.717) is 0 Å². The average Bonchev–Trinajstić information content (AvgIpc) is 3.24. The fourth-order valence-electron chi connectivity index (χ4n) is 3.87. The molecule has 0 spiro atoms. The van der Waals surface area contributed by atoms with E-state index in [1.807, 2.05) is 22.9 Å². The number of methoxy groups -OCH3 is 1. The molecule has 1 aromatic carbocycles. The maximum atomic E-state index is 5.53. The molecule has 0 aliphatic carbocycles. The molecule has 2 aromatic rings. The largest absolute Gasteiger partial charge is 0.494 e. The molecule has 0 bridgehead atoms. The maximum Gasteiger partial charge on any atom is 0.144 e. The minimum Gasteiger partial charge on any atom is -0.494 e. The highest BCUT2D eigenvalue weighted by molar-refractivity contribution is 5.60. The zero-order chi connectivity index (χ0) is 16.4. The standard InChI is InChI=1S/C19H26N4O/c1-24-18-8-4-3-7-17(18)23-19-15(9-11-20-19)16(21-23)10-14-22-12-5-2-6-13-22/h3-4,7-8,20H,2,5-6,9-14H2,1H3. The van der Waals surface area contributed by atoms with Crippen molar-refractivity contribution in [3.8, 4) is 11.4 Å². The molecular weight excluding hydrogens is 300 g/mol.